The summed E-state index contributed by atoms with van der Waals surface area (Å²) in [4.78, 5) is 4.65. The van der Waals surface area contributed by atoms with Crippen molar-refractivity contribution >= 4 is 38.8 Å². The van der Waals surface area contributed by atoms with Gasteiger partial charge in [-0.2, -0.15) is 0 Å². The number of rotatable bonds is 1. The first-order valence-electron chi connectivity index (χ1n) is 6.35. The molecule has 1 N–H and O–H groups in total. The van der Waals surface area contributed by atoms with Crippen LogP contribution in [0.5, 0.6) is 5.75 Å². The lowest BCUT2D eigenvalue weighted by atomic mass is 10.2. The Kier molecular flexibility index (Phi) is 2.79. The number of anilines is 1. The van der Waals surface area contributed by atoms with E-state index < -0.39 is 0 Å². The number of halogens is 1. The highest BCUT2D eigenvalue weighted by Crippen LogP contribution is 2.36. The topological polar surface area (TPSA) is 34.2 Å². The number of hydrogen-bond acceptors (Lipinski definition) is 4. The van der Waals surface area contributed by atoms with Crippen molar-refractivity contribution in [2.75, 3.05) is 11.9 Å². The van der Waals surface area contributed by atoms with E-state index in [1.807, 2.05) is 42.5 Å². The second kappa shape index (κ2) is 4.65. The number of benzene rings is 2. The van der Waals surface area contributed by atoms with Gasteiger partial charge < -0.3 is 10.1 Å². The average Bonchev–Trinajstić information content (AvgIpc) is 2.89. The molecule has 1 aromatic heterocycles. The maximum absolute atomic E-state index is 6.03. The Balaban J connectivity index is 1.70. The molecule has 0 aliphatic carbocycles. The third-order valence-corrected chi connectivity index (χ3v) is 4.62. The van der Waals surface area contributed by atoms with Gasteiger partial charge in [0, 0.05) is 5.02 Å². The smallest absolute Gasteiger partial charge is 0.167 e. The minimum atomic E-state index is -0.0546. The van der Waals surface area contributed by atoms with Crippen molar-refractivity contribution in [1.29, 1.82) is 0 Å². The number of para-hydroxylation sites is 2. The molecule has 4 rings (SSSR count). The average molecular weight is 303 g/mol. The molecule has 2 heterocycles. The summed E-state index contributed by atoms with van der Waals surface area (Å²) in [5.41, 5.74) is 2.00. The van der Waals surface area contributed by atoms with Gasteiger partial charge in [-0.15, -0.1) is 11.3 Å². The van der Waals surface area contributed by atoms with Gasteiger partial charge in [0.25, 0.3) is 0 Å². The number of hydrogen-bond donors (Lipinski definition) is 1. The number of thiazole rings is 1. The Morgan fingerprint density at radius 2 is 2.15 bits per heavy atom. The van der Waals surface area contributed by atoms with Crippen LogP contribution in [0, 0.1) is 0 Å². The molecule has 3 aromatic rings. The van der Waals surface area contributed by atoms with Crippen LogP contribution in [0.3, 0.4) is 0 Å². The minimum Gasteiger partial charge on any atom is -0.479 e. The van der Waals surface area contributed by atoms with Crippen molar-refractivity contribution in [3.05, 3.63) is 52.5 Å². The fourth-order valence-corrected chi connectivity index (χ4v) is 3.58. The molecule has 0 spiro atoms. The van der Waals surface area contributed by atoms with Crippen molar-refractivity contribution in [1.82, 2.24) is 4.98 Å². The molecule has 100 valence electrons. The maximum atomic E-state index is 6.03. The Hall–Kier alpha value is -1.78. The molecule has 0 radical (unpaired) electrons. The van der Waals surface area contributed by atoms with Crippen LogP contribution in [-0.4, -0.2) is 11.5 Å². The molecule has 0 fully saturated rings. The van der Waals surface area contributed by atoms with Gasteiger partial charge in [-0.3, -0.25) is 0 Å². The Morgan fingerprint density at radius 3 is 3.10 bits per heavy atom. The van der Waals surface area contributed by atoms with Crippen molar-refractivity contribution in [3.63, 3.8) is 0 Å². The van der Waals surface area contributed by atoms with E-state index in [0.717, 1.165) is 38.2 Å². The number of fused-ring (bicyclic) bond motifs is 2. The summed E-state index contributed by atoms with van der Waals surface area (Å²) in [6.07, 6.45) is -0.0546. The van der Waals surface area contributed by atoms with Crippen molar-refractivity contribution < 1.29 is 4.74 Å². The van der Waals surface area contributed by atoms with Crippen LogP contribution in [0.15, 0.2) is 42.5 Å². The zero-order valence-electron chi connectivity index (χ0n) is 10.5. The molecular weight excluding hydrogens is 292 g/mol. The summed E-state index contributed by atoms with van der Waals surface area (Å²) in [6, 6.07) is 13.7. The zero-order valence-corrected chi connectivity index (χ0v) is 12.0. The predicted octanol–water partition coefficient (Wildman–Crippen LogP) is 4.50. The molecule has 5 heteroatoms. The fraction of sp³-hybridized carbons (Fsp3) is 0.133. The lowest BCUT2D eigenvalue weighted by molar-refractivity contribution is 0.210. The van der Waals surface area contributed by atoms with Crippen molar-refractivity contribution in [3.8, 4) is 5.75 Å². The molecule has 0 amide bonds. The van der Waals surface area contributed by atoms with E-state index in [1.54, 1.807) is 11.3 Å². The Morgan fingerprint density at radius 1 is 1.25 bits per heavy atom. The second-order valence-electron chi connectivity index (χ2n) is 4.65. The lowest BCUT2D eigenvalue weighted by Gasteiger charge is -2.25. The summed E-state index contributed by atoms with van der Waals surface area (Å²) in [5, 5.41) is 5.10. The van der Waals surface area contributed by atoms with E-state index in [4.69, 9.17) is 16.3 Å². The van der Waals surface area contributed by atoms with Gasteiger partial charge >= 0.3 is 0 Å². The van der Waals surface area contributed by atoms with E-state index in [2.05, 4.69) is 10.3 Å². The van der Waals surface area contributed by atoms with Crippen LogP contribution in [0.4, 0.5) is 5.69 Å². The van der Waals surface area contributed by atoms with E-state index in [1.165, 1.54) is 0 Å². The first kappa shape index (κ1) is 12.0. The van der Waals surface area contributed by atoms with Gasteiger partial charge in [-0.05, 0) is 30.3 Å². The van der Waals surface area contributed by atoms with E-state index in [9.17, 15) is 0 Å². The van der Waals surface area contributed by atoms with Crippen molar-refractivity contribution in [2.45, 2.75) is 6.10 Å². The van der Waals surface area contributed by atoms with Crippen LogP contribution < -0.4 is 10.1 Å². The predicted molar refractivity (Wildman–Crippen MR) is 82.9 cm³/mol. The Labute approximate surface area is 125 Å². The van der Waals surface area contributed by atoms with Crippen LogP contribution in [0.25, 0.3) is 10.2 Å². The van der Waals surface area contributed by atoms with Crippen LogP contribution >= 0.6 is 22.9 Å². The molecule has 2 aromatic carbocycles. The minimum absolute atomic E-state index is 0.0546. The number of aromatic nitrogens is 1. The van der Waals surface area contributed by atoms with Crippen LogP contribution in [-0.2, 0) is 0 Å². The SMILES string of the molecule is Clc1ccc2nc(C3CNc4ccccc4O3)sc2c1. The molecule has 1 atom stereocenters. The standard InChI is InChI=1S/C15H11ClN2OS/c16-9-5-6-11-14(7-9)20-15(18-11)13-8-17-10-3-1-2-4-12(10)19-13/h1-7,13,17H,8H2. The van der Waals surface area contributed by atoms with E-state index in [0.29, 0.717) is 0 Å². The molecule has 20 heavy (non-hydrogen) atoms. The number of nitrogens with one attached hydrogen (secondary N) is 1. The first-order chi connectivity index (χ1) is 9.79. The third-order valence-electron chi connectivity index (χ3n) is 3.28. The van der Waals surface area contributed by atoms with Gasteiger partial charge in [-0.25, -0.2) is 4.98 Å². The fourth-order valence-electron chi connectivity index (χ4n) is 2.30. The van der Waals surface area contributed by atoms with E-state index in [-0.39, 0.29) is 6.10 Å². The highest BCUT2D eigenvalue weighted by molar-refractivity contribution is 7.18. The van der Waals surface area contributed by atoms with Gasteiger partial charge in [0.2, 0.25) is 0 Å². The number of nitrogens with zero attached hydrogens (tertiary/aromatic N) is 1. The van der Waals surface area contributed by atoms with E-state index >= 15 is 0 Å². The summed E-state index contributed by atoms with van der Waals surface area (Å²) in [5.74, 6) is 0.876. The Bertz CT molecular complexity index is 786. The molecule has 1 aliphatic rings. The summed E-state index contributed by atoms with van der Waals surface area (Å²) in [6.45, 7) is 0.727. The summed E-state index contributed by atoms with van der Waals surface area (Å²) in [7, 11) is 0. The number of ether oxygens (including phenoxy) is 1. The molecule has 1 unspecified atom stereocenters. The van der Waals surface area contributed by atoms with Crippen molar-refractivity contribution in [2.24, 2.45) is 0 Å². The molecular formula is C15H11ClN2OS. The zero-order chi connectivity index (χ0) is 13.5. The highest BCUT2D eigenvalue weighted by Gasteiger charge is 2.23. The molecule has 0 saturated heterocycles. The molecule has 3 nitrogen and oxygen atoms in total. The largest absolute Gasteiger partial charge is 0.479 e. The highest BCUT2D eigenvalue weighted by atomic mass is 35.5. The van der Waals surface area contributed by atoms with Gasteiger partial charge in [-0.1, -0.05) is 23.7 Å². The van der Waals surface area contributed by atoms with Gasteiger partial charge in [0.15, 0.2) is 6.10 Å². The first-order valence-corrected chi connectivity index (χ1v) is 7.54. The third kappa shape index (κ3) is 2.01. The maximum Gasteiger partial charge on any atom is 0.167 e. The summed E-state index contributed by atoms with van der Waals surface area (Å²) >= 11 is 7.65. The summed E-state index contributed by atoms with van der Waals surface area (Å²) < 4.78 is 7.12. The molecule has 0 saturated carbocycles. The van der Waals surface area contributed by atoms with Crippen LogP contribution in [0.1, 0.15) is 11.1 Å². The lowest BCUT2D eigenvalue weighted by Crippen LogP contribution is -2.23. The quantitative estimate of drug-likeness (QED) is 0.719. The van der Waals surface area contributed by atoms with Crippen LogP contribution in [0.2, 0.25) is 5.02 Å². The van der Waals surface area contributed by atoms with Gasteiger partial charge in [0.1, 0.15) is 10.8 Å². The molecule has 0 bridgehead atoms. The second-order valence-corrected chi connectivity index (χ2v) is 6.15. The normalized spacial score (nSPS) is 17.4. The monoisotopic (exact) mass is 302 g/mol. The molecule has 1 aliphatic heterocycles. The van der Waals surface area contributed by atoms with Gasteiger partial charge in [0.05, 0.1) is 22.4 Å².